The van der Waals surface area contributed by atoms with Gasteiger partial charge in [0.15, 0.2) is 24.0 Å². The molecule has 1 atom stereocenters. The minimum absolute atomic E-state index is 0. The number of hydrogen-bond donors (Lipinski definition) is 3. The first-order valence-corrected chi connectivity index (χ1v) is 11.4. The van der Waals surface area contributed by atoms with E-state index in [4.69, 9.17) is 35.6 Å². The van der Waals surface area contributed by atoms with Gasteiger partial charge in [-0.15, -0.1) is 12.4 Å². The molecule has 184 valence electrons. The van der Waals surface area contributed by atoms with Crippen LogP contribution in [0.3, 0.4) is 0 Å². The molecule has 13 heteroatoms. The summed E-state index contributed by atoms with van der Waals surface area (Å²) in [6, 6.07) is 9.31. The van der Waals surface area contributed by atoms with Gasteiger partial charge in [-0.3, -0.25) is 9.78 Å². The molecule has 0 spiro atoms. The van der Waals surface area contributed by atoms with Crippen LogP contribution in [0, 0.1) is 0 Å². The van der Waals surface area contributed by atoms with E-state index < -0.39 is 20.7 Å². The van der Waals surface area contributed by atoms with Gasteiger partial charge in [-0.2, -0.15) is 0 Å². The number of benzene rings is 2. The van der Waals surface area contributed by atoms with Crippen LogP contribution in [-0.4, -0.2) is 41.7 Å². The standard InChI is InChI=1S/C21H22ClN2O8P.ClH/c1-12(25)24-19(13-6-7-17(29-2)18(9-13)30-3)15-10-16(22)14-5-4-8-23-20(14)21(15)31-11-32-33(26,27)28;/h4-10,19H,11H2,1-3H3,(H,24,25)(H2,26,27,28);1H. The van der Waals surface area contributed by atoms with Crippen molar-refractivity contribution in [2.45, 2.75) is 13.0 Å². The highest BCUT2D eigenvalue weighted by Crippen LogP contribution is 2.42. The molecule has 3 aromatic rings. The SMILES string of the molecule is COc1ccc(C(NC(C)=O)c2cc(Cl)c3cccnc3c2OCOP(=O)(O)O)cc1OC.Cl. The molecule has 0 aliphatic carbocycles. The summed E-state index contributed by atoms with van der Waals surface area (Å²) in [7, 11) is -1.79. The molecule has 34 heavy (non-hydrogen) atoms. The van der Waals surface area contributed by atoms with E-state index in [0.717, 1.165) is 0 Å². The molecule has 1 unspecified atom stereocenters. The van der Waals surface area contributed by atoms with E-state index >= 15 is 0 Å². The monoisotopic (exact) mass is 532 g/mol. The number of rotatable bonds is 9. The summed E-state index contributed by atoms with van der Waals surface area (Å²) in [5, 5.41) is 3.73. The highest BCUT2D eigenvalue weighted by atomic mass is 35.5. The molecule has 1 heterocycles. The van der Waals surface area contributed by atoms with Crippen LogP contribution in [0.25, 0.3) is 10.9 Å². The Kier molecular flexibility index (Phi) is 9.52. The third kappa shape index (κ3) is 6.50. The van der Waals surface area contributed by atoms with Crippen LogP contribution >= 0.6 is 31.8 Å². The third-order valence-electron chi connectivity index (χ3n) is 4.65. The van der Waals surface area contributed by atoms with Gasteiger partial charge >= 0.3 is 7.82 Å². The summed E-state index contributed by atoms with van der Waals surface area (Å²) >= 11 is 6.51. The maximum absolute atomic E-state index is 12.1. The second-order valence-electron chi connectivity index (χ2n) is 6.81. The summed E-state index contributed by atoms with van der Waals surface area (Å²) < 4.78 is 31.9. The van der Waals surface area contributed by atoms with E-state index in [2.05, 4.69) is 14.8 Å². The Morgan fingerprint density at radius 2 is 1.88 bits per heavy atom. The van der Waals surface area contributed by atoms with Gasteiger partial charge in [-0.25, -0.2) is 9.09 Å². The Morgan fingerprint density at radius 3 is 2.50 bits per heavy atom. The van der Waals surface area contributed by atoms with Crippen molar-refractivity contribution in [3.8, 4) is 17.2 Å². The molecule has 10 nitrogen and oxygen atoms in total. The van der Waals surface area contributed by atoms with Crippen molar-refractivity contribution in [3.05, 3.63) is 58.7 Å². The van der Waals surface area contributed by atoms with Gasteiger partial charge < -0.3 is 29.3 Å². The molecule has 0 aliphatic rings. The molecular formula is C21H23Cl2N2O8P. The number of aromatic nitrogens is 1. The molecular weight excluding hydrogens is 510 g/mol. The minimum Gasteiger partial charge on any atom is -0.493 e. The second kappa shape index (κ2) is 11.7. The van der Waals surface area contributed by atoms with Crippen molar-refractivity contribution in [1.82, 2.24) is 10.3 Å². The van der Waals surface area contributed by atoms with Gasteiger partial charge in [0.25, 0.3) is 0 Å². The average molecular weight is 533 g/mol. The van der Waals surface area contributed by atoms with Crippen LogP contribution in [0.1, 0.15) is 24.1 Å². The number of methoxy groups -OCH3 is 2. The Bertz CT molecular complexity index is 1220. The highest BCUT2D eigenvalue weighted by Gasteiger charge is 2.25. The van der Waals surface area contributed by atoms with Crippen LogP contribution in [0.15, 0.2) is 42.6 Å². The fourth-order valence-electron chi connectivity index (χ4n) is 3.29. The van der Waals surface area contributed by atoms with Crippen LogP contribution in [0.4, 0.5) is 0 Å². The summed E-state index contributed by atoms with van der Waals surface area (Å²) in [4.78, 5) is 34.5. The molecule has 0 saturated heterocycles. The zero-order valence-corrected chi connectivity index (χ0v) is 20.8. The van der Waals surface area contributed by atoms with Crippen molar-refractivity contribution < 1.29 is 37.9 Å². The lowest BCUT2D eigenvalue weighted by atomic mass is 9.95. The van der Waals surface area contributed by atoms with E-state index in [0.29, 0.717) is 38.6 Å². The number of phosphoric acid groups is 1. The van der Waals surface area contributed by atoms with Crippen molar-refractivity contribution in [1.29, 1.82) is 0 Å². The zero-order valence-electron chi connectivity index (χ0n) is 18.4. The first-order chi connectivity index (χ1) is 15.6. The molecule has 1 aromatic heterocycles. The molecule has 0 bridgehead atoms. The fraction of sp³-hybridized carbons (Fsp3) is 0.238. The molecule has 3 rings (SSSR count). The van der Waals surface area contributed by atoms with E-state index in [9.17, 15) is 9.36 Å². The molecule has 0 fully saturated rings. The predicted molar refractivity (Wildman–Crippen MR) is 128 cm³/mol. The molecule has 1 amide bonds. The van der Waals surface area contributed by atoms with Crippen molar-refractivity contribution in [3.63, 3.8) is 0 Å². The number of fused-ring (bicyclic) bond motifs is 1. The summed E-state index contributed by atoms with van der Waals surface area (Å²) in [6.45, 7) is 0.593. The summed E-state index contributed by atoms with van der Waals surface area (Å²) in [6.07, 6.45) is 1.52. The van der Waals surface area contributed by atoms with Crippen LogP contribution in [0.2, 0.25) is 5.02 Å². The Hall–Kier alpha value is -2.59. The summed E-state index contributed by atoms with van der Waals surface area (Å²) in [5.74, 6) is 0.719. The van der Waals surface area contributed by atoms with E-state index in [1.807, 2.05) is 0 Å². The van der Waals surface area contributed by atoms with E-state index in [1.165, 1.54) is 27.3 Å². The topological polar surface area (TPSA) is 136 Å². The van der Waals surface area contributed by atoms with Gasteiger partial charge in [-0.1, -0.05) is 17.7 Å². The zero-order chi connectivity index (χ0) is 24.2. The lowest BCUT2D eigenvalue weighted by molar-refractivity contribution is -0.119. The van der Waals surface area contributed by atoms with Crippen molar-refractivity contribution in [2.75, 3.05) is 21.0 Å². The number of nitrogens with one attached hydrogen (secondary N) is 1. The Labute approximate surface area is 206 Å². The van der Waals surface area contributed by atoms with Gasteiger partial charge in [0, 0.05) is 24.1 Å². The van der Waals surface area contributed by atoms with Crippen molar-refractivity contribution >= 4 is 48.6 Å². The van der Waals surface area contributed by atoms with Gasteiger partial charge in [0.2, 0.25) is 5.91 Å². The summed E-state index contributed by atoms with van der Waals surface area (Å²) in [5.41, 5.74) is 1.32. The number of pyridine rings is 1. The number of phosphoric ester groups is 1. The predicted octanol–water partition coefficient (Wildman–Crippen LogP) is 4.00. The Balaban J connectivity index is 0.00000408. The quantitative estimate of drug-likeness (QED) is 0.275. The molecule has 0 saturated carbocycles. The normalized spacial score (nSPS) is 11.9. The number of ether oxygens (including phenoxy) is 3. The number of carbonyl (C=O) groups is 1. The second-order valence-corrected chi connectivity index (χ2v) is 8.45. The van der Waals surface area contributed by atoms with Crippen molar-refractivity contribution in [2.24, 2.45) is 0 Å². The third-order valence-corrected chi connectivity index (χ3v) is 5.40. The number of hydrogen-bond acceptors (Lipinski definition) is 7. The number of halogens is 2. The van der Waals surface area contributed by atoms with Crippen LogP contribution in [-0.2, 0) is 13.9 Å². The number of amides is 1. The lowest BCUT2D eigenvalue weighted by Crippen LogP contribution is -2.27. The van der Waals surface area contributed by atoms with Gasteiger partial charge in [-0.05, 0) is 35.9 Å². The molecule has 3 N–H and O–H groups in total. The van der Waals surface area contributed by atoms with E-state index in [1.54, 1.807) is 36.4 Å². The number of carbonyl (C=O) groups excluding carboxylic acids is 1. The van der Waals surface area contributed by atoms with Crippen LogP contribution < -0.4 is 19.5 Å². The smallest absolute Gasteiger partial charge is 0.472 e. The Morgan fingerprint density at radius 1 is 1.18 bits per heavy atom. The molecule has 2 aromatic carbocycles. The van der Waals surface area contributed by atoms with Gasteiger partial charge in [0.05, 0.1) is 25.3 Å². The number of nitrogens with zero attached hydrogens (tertiary/aromatic N) is 1. The molecule has 0 radical (unpaired) electrons. The first kappa shape index (κ1) is 27.7. The maximum atomic E-state index is 12.1. The first-order valence-electron chi connectivity index (χ1n) is 9.53. The average Bonchev–Trinajstić information content (AvgIpc) is 2.77. The fourth-order valence-corrected chi connectivity index (χ4v) is 3.75. The lowest BCUT2D eigenvalue weighted by Gasteiger charge is -2.24. The highest BCUT2D eigenvalue weighted by molar-refractivity contribution is 7.46. The van der Waals surface area contributed by atoms with Crippen LogP contribution in [0.5, 0.6) is 17.2 Å². The maximum Gasteiger partial charge on any atom is 0.472 e. The minimum atomic E-state index is -4.78. The van der Waals surface area contributed by atoms with E-state index in [-0.39, 0.29) is 24.1 Å². The van der Waals surface area contributed by atoms with Gasteiger partial charge in [0.1, 0.15) is 5.52 Å². The largest absolute Gasteiger partial charge is 0.493 e. The molecule has 0 aliphatic heterocycles.